The molecule has 0 aliphatic rings. The number of carbonyl (C=O) groups excluding carboxylic acids is 1. The molecule has 0 unspecified atom stereocenters. The maximum atomic E-state index is 14.3. The predicted molar refractivity (Wildman–Crippen MR) is 87.3 cm³/mol. The van der Waals surface area contributed by atoms with Crippen LogP contribution in [0.1, 0.15) is 10.5 Å². The van der Waals surface area contributed by atoms with Gasteiger partial charge in [-0.05, 0) is 18.2 Å². The van der Waals surface area contributed by atoms with Crippen LogP contribution in [0.5, 0.6) is 0 Å². The summed E-state index contributed by atoms with van der Waals surface area (Å²) in [5, 5.41) is 14.7. The number of aryl methyl sites for hydroxylation is 1. The highest BCUT2D eigenvalue weighted by Crippen LogP contribution is 2.25. The summed E-state index contributed by atoms with van der Waals surface area (Å²) < 4.78 is 29.4. The van der Waals surface area contributed by atoms with E-state index in [4.69, 9.17) is 5.11 Å². The summed E-state index contributed by atoms with van der Waals surface area (Å²) in [6.07, 6.45) is 0. The number of benzene rings is 1. The SMILES string of the molecule is Cn1nc(C(=O)NOCCO)c(Nc2ccc(Br)cc2F)c(F)c1=O. The Hall–Kier alpha value is -2.37. The van der Waals surface area contributed by atoms with E-state index in [0.717, 1.165) is 13.1 Å². The van der Waals surface area contributed by atoms with Gasteiger partial charge in [-0.15, -0.1) is 0 Å². The topological polar surface area (TPSA) is 105 Å². The van der Waals surface area contributed by atoms with Gasteiger partial charge in [-0.25, -0.2) is 14.6 Å². The molecule has 11 heteroatoms. The first-order chi connectivity index (χ1) is 11.8. The van der Waals surface area contributed by atoms with Crippen LogP contribution < -0.4 is 16.4 Å². The highest BCUT2D eigenvalue weighted by atomic mass is 79.9. The van der Waals surface area contributed by atoms with Crippen molar-refractivity contribution < 1.29 is 23.5 Å². The van der Waals surface area contributed by atoms with Crippen LogP contribution in [0, 0.1) is 11.6 Å². The molecular formula is C14H13BrF2N4O4. The molecule has 134 valence electrons. The number of nitrogens with one attached hydrogen (secondary N) is 2. The Morgan fingerprint density at radius 1 is 1.44 bits per heavy atom. The first-order valence-corrected chi connectivity index (χ1v) is 7.66. The number of carbonyl (C=O) groups is 1. The largest absolute Gasteiger partial charge is 0.394 e. The van der Waals surface area contributed by atoms with E-state index in [-0.39, 0.29) is 18.9 Å². The number of halogens is 3. The molecule has 2 rings (SSSR count). The lowest BCUT2D eigenvalue weighted by atomic mass is 10.2. The number of hydrogen-bond acceptors (Lipinski definition) is 6. The molecule has 0 aliphatic carbocycles. The van der Waals surface area contributed by atoms with E-state index in [1.54, 1.807) is 0 Å². The zero-order chi connectivity index (χ0) is 18.6. The number of nitrogens with zero attached hydrogens (tertiary/aromatic N) is 2. The summed E-state index contributed by atoms with van der Waals surface area (Å²) in [5.74, 6) is -3.03. The summed E-state index contributed by atoms with van der Waals surface area (Å²) in [5.41, 5.74) is -0.460. The second-order valence-corrected chi connectivity index (χ2v) is 5.63. The van der Waals surface area contributed by atoms with Crippen molar-refractivity contribution in [2.75, 3.05) is 18.5 Å². The quantitative estimate of drug-likeness (QED) is 0.481. The van der Waals surface area contributed by atoms with Crippen molar-refractivity contribution in [3.63, 3.8) is 0 Å². The van der Waals surface area contributed by atoms with E-state index in [2.05, 4.69) is 31.2 Å². The van der Waals surface area contributed by atoms with Crippen LogP contribution in [-0.2, 0) is 11.9 Å². The molecule has 1 amide bonds. The fourth-order valence-electron chi connectivity index (χ4n) is 1.81. The molecule has 1 aromatic heterocycles. The van der Waals surface area contributed by atoms with Gasteiger partial charge in [-0.2, -0.15) is 9.49 Å². The maximum Gasteiger partial charge on any atom is 0.304 e. The molecule has 0 aliphatic heterocycles. The first kappa shape index (κ1) is 19.0. The van der Waals surface area contributed by atoms with E-state index < -0.39 is 34.5 Å². The molecule has 25 heavy (non-hydrogen) atoms. The van der Waals surface area contributed by atoms with E-state index in [9.17, 15) is 18.4 Å². The first-order valence-electron chi connectivity index (χ1n) is 6.87. The molecule has 0 bridgehead atoms. The molecule has 2 aromatic rings. The third kappa shape index (κ3) is 4.38. The fraction of sp³-hybridized carbons (Fsp3) is 0.214. The van der Waals surface area contributed by atoms with Gasteiger partial charge in [0.25, 0.3) is 5.91 Å². The number of hydrogen-bond donors (Lipinski definition) is 3. The number of anilines is 2. The third-order valence-electron chi connectivity index (χ3n) is 2.95. The van der Waals surface area contributed by atoms with Crippen molar-refractivity contribution in [2.24, 2.45) is 7.05 Å². The predicted octanol–water partition coefficient (Wildman–Crippen LogP) is 1.22. The summed E-state index contributed by atoms with van der Waals surface area (Å²) in [7, 11) is 1.15. The molecule has 0 saturated carbocycles. The molecule has 0 spiro atoms. The van der Waals surface area contributed by atoms with E-state index in [0.29, 0.717) is 9.15 Å². The minimum absolute atomic E-state index is 0.164. The van der Waals surface area contributed by atoms with Crippen molar-refractivity contribution in [3.8, 4) is 0 Å². The number of aliphatic hydroxyl groups is 1. The molecule has 1 heterocycles. The van der Waals surface area contributed by atoms with Crippen LogP contribution in [0.4, 0.5) is 20.2 Å². The molecule has 8 nitrogen and oxygen atoms in total. The summed E-state index contributed by atoms with van der Waals surface area (Å²) in [6.45, 7) is -0.561. The van der Waals surface area contributed by atoms with Gasteiger partial charge < -0.3 is 10.4 Å². The van der Waals surface area contributed by atoms with Crippen LogP contribution in [-0.4, -0.2) is 34.0 Å². The average molecular weight is 419 g/mol. The second kappa shape index (κ2) is 8.14. The Kier molecular flexibility index (Phi) is 6.17. The molecule has 3 N–H and O–H groups in total. The zero-order valence-corrected chi connectivity index (χ0v) is 14.4. The van der Waals surface area contributed by atoms with Crippen LogP contribution in [0.25, 0.3) is 0 Å². The highest BCUT2D eigenvalue weighted by molar-refractivity contribution is 9.10. The van der Waals surface area contributed by atoms with Crippen molar-refractivity contribution in [1.29, 1.82) is 0 Å². The van der Waals surface area contributed by atoms with Gasteiger partial charge in [-0.1, -0.05) is 15.9 Å². The van der Waals surface area contributed by atoms with Crippen LogP contribution in [0.3, 0.4) is 0 Å². The number of amides is 1. The Morgan fingerprint density at radius 3 is 2.80 bits per heavy atom. The minimum Gasteiger partial charge on any atom is -0.394 e. The van der Waals surface area contributed by atoms with Gasteiger partial charge >= 0.3 is 5.56 Å². The normalized spacial score (nSPS) is 10.6. The minimum atomic E-state index is -1.31. The highest BCUT2D eigenvalue weighted by Gasteiger charge is 2.23. The van der Waals surface area contributed by atoms with Crippen LogP contribution in [0.2, 0.25) is 0 Å². The number of aromatic nitrogens is 2. The van der Waals surface area contributed by atoms with Crippen molar-refractivity contribution in [2.45, 2.75) is 0 Å². The van der Waals surface area contributed by atoms with Gasteiger partial charge in [0.2, 0.25) is 5.82 Å². The smallest absolute Gasteiger partial charge is 0.304 e. The Morgan fingerprint density at radius 2 is 2.16 bits per heavy atom. The van der Waals surface area contributed by atoms with Crippen molar-refractivity contribution in [1.82, 2.24) is 15.3 Å². The molecule has 0 fully saturated rings. The lowest BCUT2D eigenvalue weighted by molar-refractivity contribution is 0.0163. The molecule has 1 aromatic carbocycles. The van der Waals surface area contributed by atoms with Gasteiger partial charge in [0.1, 0.15) is 11.5 Å². The van der Waals surface area contributed by atoms with Gasteiger partial charge in [0, 0.05) is 11.5 Å². The van der Waals surface area contributed by atoms with Gasteiger partial charge in [-0.3, -0.25) is 14.4 Å². The summed E-state index contributed by atoms with van der Waals surface area (Å²) in [4.78, 5) is 28.5. The maximum absolute atomic E-state index is 14.3. The lowest BCUT2D eigenvalue weighted by Crippen LogP contribution is -2.32. The van der Waals surface area contributed by atoms with E-state index in [1.807, 2.05) is 5.48 Å². The van der Waals surface area contributed by atoms with E-state index >= 15 is 0 Å². The lowest BCUT2D eigenvalue weighted by Gasteiger charge is -2.13. The molecule has 0 saturated heterocycles. The number of aliphatic hydroxyl groups excluding tert-OH is 1. The van der Waals surface area contributed by atoms with Gasteiger partial charge in [0.05, 0.1) is 18.9 Å². The number of rotatable bonds is 6. The van der Waals surface area contributed by atoms with Crippen molar-refractivity contribution in [3.05, 3.63) is 50.4 Å². The van der Waals surface area contributed by atoms with Crippen LogP contribution >= 0.6 is 15.9 Å². The molecule has 0 atom stereocenters. The van der Waals surface area contributed by atoms with E-state index in [1.165, 1.54) is 12.1 Å². The van der Waals surface area contributed by atoms with Gasteiger partial charge in [0.15, 0.2) is 5.69 Å². The number of hydroxylamine groups is 1. The second-order valence-electron chi connectivity index (χ2n) is 4.72. The Labute approximate surface area is 148 Å². The zero-order valence-electron chi connectivity index (χ0n) is 12.8. The molecule has 0 radical (unpaired) electrons. The molecular weight excluding hydrogens is 406 g/mol. The van der Waals surface area contributed by atoms with Crippen LogP contribution in [0.15, 0.2) is 27.5 Å². The Bertz CT molecular complexity index is 859. The average Bonchev–Trinajstić information content (AvgIpc) is 2.57. The Balaban J connectivity index is 2.45. The standard InChI is InChI=1S/C14H13BrF2N4O4/c1-21-14(24)10(17)11(12(19-21)13(23)20-25-5-4-22)18-9-3-2-7(15)6-8(9)16/h2-3,6,18,22H,4-5H2,1H3,(H,20,23). The summed E-state index contributed by atoms with van der Waals surface area (Å²) in [6, 6.07) is 3.90. The summed E-state index contributed by atoms with van der Waals surface area (Å²) >= 11 is 3.08. The third-order valence-corrected chi connectivity index (χ3v) is 3.45. The van der Waals surface area contributed by atoms with Crippen molar-refractivity contribution >= 4 is 33.2 Å². The monoisotopic (exact) mass is 418 g/mol. The fourth-order valence-corrected chi connectivity index (χ4v) is 2.14.